The van der Waals surface area contributed by atoms with Gasteiger partial charge < -0.3 is 5.32 Å². The molecule has 0 aliphatic rings. The Morgan fingerprint density at radius 3 is 2.38 bits per heavy atom. The van der Waals surface area contributed by atoms with E-state index in [4.69, 9.17) is 15.1 Å². The van der Waals surface area contributed by atoms with Crippen LogP contribution in [0, 0.1) is 0 Å². The van der Waals surface area contributed by atoms with E-state index in [2.05, 4.69) is 59.7 Å². The maximum absolute atomic E-state index is 4.78. The summed E-state index contributed by atoms with van der Waals surface area (Å²) in [7, 11) is 0. The quantitative estimate of drug-likeness (QED) is 0.388. The van der Waals surface area contributed by atoms with Crippen LogP contribution < -0.4 is 5.32 Å². The van der Waals surface area contributed by atoms with Crippen molar-refractivity contribution in [2.75, 3.05) is 5.32 Å². The first-order chi connectivity index (χ1) is 15.8. The molecule has 0 amide bonds. The molecule has 0 aliphatic heterocycles. The molecule has 32 heavy (non-hydrogen) atoms. The fraction of sp³-hybridized carbons (Fsp3) is 0.154. The highest BCUT2D eigenvalue weighted by atomic mass is 15.4. The van der Waals surface area contributed by atoms with Crippen LogP contribution in [0.3, 0.4) is 0 Å². The zero-order valence-electron chi connectivity index (χ0n) is 17.9. The van der Waals surface area contributed by atoms with Crippen LogP contribution in [0.5, 0.6) is 0 Å². The van der Waals surface area contributed by atoms with E-state index in [9.17, 15) is 0 Å². The van der Waals surface area contributed by atoms with Crippen molar-refractivity contribution in [3.8, 4) is 22.6 Å². The Bertz CT molecular complexity index is 1300. The molecule has 3 heterocycles. The van der Waals surface area contributed by atoms with Gasteiger partial charge in [0.05, 0.1) is 5.69 Å². The van der Waals surface area contributed by atoms with Crippen molar-refractivity contribution in [3.05, 3.63) is 96.8 Å². The third-order valence-electron chi connectivity index (χ3n) is 5.40. The average molecular weight is 421 g/mol. The summed E-state index contributed by atoms with van der Waals surface area (Å²) >= 11 is 0. The Morgan fingerprint density at radius 1 is 0.875 bits per heavy atom. The van der Waals surface area contributed by atoms with Crippen molar-refractivity contribution in [2.24, 2.45) is 0 Å². The number of anilines is 1. The summed E-state index contributed by atoms with van der Waals surface area (Å²) in [4.78, 5) is 13.7. The molecule has 0 bridgehead atoms. The minimum absolute atomic E-state index is 0.246. The summed E-state index contributed by atoms with van der Waals surface area (Å²) in [6.45, 7) is 2.19. The lowest BCUT2D eigenvalue weighted by Gasteiger charge is -2.16. The van der Waals surface area contributed by atoms with E-state index >= 15 is 0 Å². The van der Waals surface area contributed by atoms with Gasteiger partial charge in [-0.15, -0.1) is 5.10 Å². The molecule has 0 aliphatic carbocycles. The second-order valence-corrected chi connectivity index (χ2v) is 7.85. The van der Waals surface area contributed by atoms with Gasteiger partial charge in [-0.2, -0.15) is 9.50 Å². The van der Waals surface area contributed by atoms with E-state index in [1.54, 1.807) is 16.9 Å². The van der Waals surface area contributed by atoms with Crippen LogP contribution in [-0.2, 0) is 6.42 Å². The summed E-state index contributed by atoms with van der Waals surface area (Å²) in [6.07, 6.45) is 5.51. The largest absolute Gasteiger partial charge is 0.367 e. The maximum Gasteiger partial charge on any atom is 0.255 e. The number of rotatable bonds is 7. The fourth-order valence-corrected chi connectivity index (χ4v) is 3.70. The molecular weight excluding hydrogens is 396 g/mol. The number of aromatic nitrogens is 5. The molecule has 6 heteroatoms. The number of hydrogen-bond donors (Lipinski definition) is 1. The molecule has 0 fully saturated rings. The third-order valence-corrected chi connectivity index (χ3v) is 5.40. The van der Waals surface area contributed by atoms with Crippen LogP contribution in [0.4, 0.5) is 5.82 Å². The topological polar surface area (TPSA) is 68.0 Å². The lowest BCUT2D eigenvalue weighted by Crippen LogP contribution is -2.18. The molecule has 158 valence electrons. The number of nitrogens with zero attached hydrogens (tertiary/aromatic N) is 5. The van der Waals surface area contributed by atoms with Gasteiger partial charge in [0.2, 0.25) is 0 Å². The SMILES string of the molecule is C[C@H](CCc1ccccc1)Nc1cc(-c2ccccc2)nc2nc(-c3cccnc3)nn12. The Morgan fingerprint density at radius 2 is 1.62 bits per heavy atom. The summed E-state index contributed by atoms with van der Waals surface area (Å²) in [5, 5.41) is 8.36. The van der Waals surface area contributed by atoms with Gasteiger partial charge in [0, 0.05) is 35.6 Å². The zero-order chi connectivity index (χ0) is 21.8. The van der Waals surface area contributed by atoms with E-state index in [1.165, 1.54) is 5.56 Å². The van der Waals surface area contributed by atoms with Crippen molar-refractivity contribution in [1.82, 2.24) is 24.6 Å². The molecule has 0 saturated heterocycles. The van der Waals surface area contributed by atoms with Crippen molar-refractivity contribution < 1.29 is 0 Å². The number of hydrogen-bond acceptors (Lipinski definition) is 5. The number of benzene rings is 2. The average Bonchev–Trinajstić information content (AvgIpc) is 3.29. The highest BCUT2D eigenvalue weighted by Gasteiger charge is 2.15. The third kappa shape index (κ3) is 4.34. The van der Waals surface area contributed by atoms with Gasteiger partial charge in [0.15, 0.2) is 5.82 Å². The van der Waals surface area contributed by atoms with Gasteiger partial charge in [0.25, 0.3) is 5.78 Å². The number of aryl methyl sites for hydroxylation is 1. The molecule has 0 saturated carbocycles. The van der Waals surface area contributed by atoms with E-state index in [-0.39, 0.29) is 6.04 Å². The fourth-order valence-electron chi connectivity index (χ4n) is 3.70. The van der Waals surface area contributed by atoms with Crippen LogP contribution >= 0.6 is 0 Å². The van der Waals surface area contributed by atoms with E-state index in [0.29, 0.717) is 11.6 Å². The van der Waals surface area contributed by atoms with Crippen LogP contribution in [0.1, 0.15) is 18.9 Å². The number of pyridine rings is 1. The second kappa shape index (κ2) is 8.98. The second-order valence-electron chi connectivity index (χ2n) is 7.85. The first kappa shape index (κ1) is 19.9. The molecule has 1 N–H and O–H groups in total. The summed E-state index contributed by atoms with van der Waals surface area (Å²) in [5.74, 6) is 2.04. The summed E-state index contributed by atoms with van der Waals surface area (Å²) < 4.78 is 1.79. The summed E-state index contributed by atoms with van der Waals surface area (Å²) in [6, 6.07) is 26.8. The van der Waals surface area contributed by atoms with Crippen LogP contribution in [-0.4, -0.2) is 30.6 Å². The van der Waals surface area contributed by atoms with Crippen molar-refractivity contribution >= 4 is 11.6 Å². The van der Waals surface area contributed by atoms with Crippen LogP contribution in [0.15, 0.2) is 91.3 Å². The van der Waals surface area contributed by atoms with E-state index in [1.807, 2.05) is 36.4 Å². The molecule has 6 nitrogen and oxygen atoms in total. The maximum atomic E-state index is 4.78. The van der Waals surface area contributed by atoms with Crippen LogP contribution in [0.2, 0.25) is 0 Å². The predicted molar refractivity (Wildman–Crippen MR) is 127 cm³/mol. The van der Waals surface area contributed by atoms with Gasteiger partial charge in [-0.05, 0) is 37.5 Å². The molecule has 0 unspecified atom stereocenters. The summed E-state index contributed by atoms with van der Waals surface area (Å²) in [5.41, 5.74) is 4.11. The van der Waals surface area contributed by atoms with Gasteiger partial charge >= 0.3 is 0 Å². The Balaban J connectivity index is 1.49. The van der Waals surface area contributed by atoms with Gasteiger partial charge in [-0.1, -0.05) is 60.7 Å². The Hall–Kier alpha value is -4.06. The molecular formula is C26H24N6. The smallest absolute Gasteiger partial charge is 0.255 e. The molecule has 3 aromatic heterocycles. The molecule has 2 aromatic carbocycles. The minimum Gasteiger partial charge on any atom is -0.367 e. The normalized spacial score (nSPS) is 12.0. The lowest BCUT2D eigenvalue weighted by atomic mass is 10.1. The molecule has 0 spiro atoms. The Labute approximate surface area is 187 Å². The lowest BCUT2D eigenvalue weighted by molar-refractivity contribution is 0.697. The highest BCUT2D eigenvalue weighted by molar-refractivity contribution is 5.66. The monoisotopic (exact) mass is 420 g/mol. The predicted octanol–water partition coefficient (Wildman–Crippen LogP) is 5.29. The van der Waals surface area contributed by atoms with Crippen molar-refractivity contribution in [2.45, 2.75) is 25.8 Å². The van der Waals surface area contributed by atoms with E-state index < -0.39 is 0 Å². The minimum atomic E-state index is 0.246. The number of fused-ring (bicyclic) bond motifs is 1. The van der Waals surface area contributed by atoms with Gasteiger partial charge in [-0.25, -0.2) is 4.98 Å². The van der Waals surface area contributed by atoms with Gasteiger partial charge in [0.1, 0.15) is 5.82 Å². The van der Waals surface area contributed by atoms with Gasteiger partial charge in [-0.3, -0.25) is 4.98 Å². The molecule has 5 aromatic rings. The van der Waals surface area contributed by atoms with Crippen molar-refractivity contribution in [1.29, 1.82) is 0 Å². The molecule has 5 rings (SSSR count). The molecule has 1 atom stereocenters. The van der Waals surface area contributed by atoms with Crippen LogP contribution in [0.25, 0.3) is 28.4 Å². The first-order valence-corrected chi connectivity index (χ1v) is 10.8. The molecule has 0 radical (unpaired) electrons. The zero-order valence-corrected chi connectivity index (χ0v) is 17.9. The first-order valence-electron chi connectivity index (χ1n) is 10.8. The standard InChI is InChI=1S/C26H24N6/c1-19(14-15-20-9-4-2-5-10-20)28-24-17-23(21-11-6-3-7-12-21)29-26-30-25(31-32(24)26)22-13-8-16-27-18-22/h2-13,16-19,28H,14-15H2,1H3/t19-/m1/s1. The van der Waals surface area contributed by atoms with E-state index in [0.717, 1.165) is 35.5 Å². The van der Waals surface area contributed by atoms with Crippen molar-refractivity contribution in [3.63, 3.8) is 0 Å². The Kier molecular flexibility index (Phi) is 5.58. The highest BCUT2D eigenvalue weighted by Crippen LogP contribution is 2.24. The number of nitrogens with one attached hydrogen (secondary N) is 1.